The highest BCUT2D eigenvalue weighted by Gasteiger charge is 2.14. The van der Waals surface area contributed by atoms with Crippen molar-refractivity contribution in [1.29, 1.82) is 0 Å². The van der Waals surface area contributed by atoms with Crippen LogP contribution in [0.15, 0.2) is 35.2 Å². The molecule has 0 fully saturated rings. The first kappa shape index (κ1) is 38.0. The van der Waals surface area contributed by atoms with Gasteiger partial charge < -0.3 is 42.3 Å². The quantitative estimate of drug-likeness (QED) is 0.0707. The number of ether oxygens (including phenoxy) is 8. The second-order valence-corrected chi connectivity index (χ2v) is 15.6. The van der Waals surface area contributed by atoms with Crippen molar-refractivity contribution in [3.8, 4) is 0 Å². The van der Waals surface area contributed by atoms with E-state index in [1.165, 1.54) is 12.1 Å². The molecular formula is C27H50O12SSi. The maximum absolute atomic E-state index is 11.9. The van der Waals surface area contributed by atoms with Crippen molar-refractivity contribution >= 4 is 18.4 Å². The fourth-order valence-corrected chi connectivity index (χ4v) is 4.52. The predicted molar refractivity (Wildman–Crippen MR) is 155 cm³/mol. The summed E-state index contributed by atoms with van der Waals surface area (Å²) in [5.74, 6) is 0. The minimum Gasteiger partial charge on any atom is -0.415 e. The van der Waals surface area contributed by atoms with Crippen LogP contribution in [0.5, 0.6) is 0 Å². The topological polar surface area (TPSA) is 126 Å². The van der Waals surface area contributed by atoms with Gasteiger partial charge in [-0.25, -0.2) is 0 Å². The van der Waals surface area contributed by atoms with Crippen LogP contribution < -0.4 is 0 Å². The van der Waals surface area contributed by atoms with Gasteiger partial charge in [0.25, 0.3) is 10.1 Å². The van der Waals surface area contributed by atoms with Gasteiger partial charge in [0.15, 0.2) is 8.32 Å². The molecule has 0 atom stereocenters. The van der Waals surface area contributed by atoms with E-state index < -0.39 is 18.4 Å². The monoisotopic (exact) mass is 626 g/mol. The van der Waals surface area contributed by atoms with E-state index in [2.05, 4.69) is 19.6 Å². The molecule has 0 aromatic heterocycles. The minimum atomic E-state index is -3.75. The van der Waals surface area contributed by atoms with Gasteiger partial charge >= 0.3 is 0 Å². The van der Waals surface area contributed by atoms with Crippen LogP contribution in [0.3, 0.4) is 0 Å². The first-order valence-corrected chi connectivity index (χ1v) is 18.8. The molecule has 0 unspecified atom stereocenters. The Hall–Kier alpha value is -1.01. The van der Waals surface area contributed by atoms with Gasteiger partial charge in [0, 0.05) is 0 Å². The van der Waals surface area contributed by atoms with Crippen molar-refractivity contribution in [3.63, 3.8) is 0 Å². The Morgan fingerprint density at radius 1 is 0.463 bits per heavy atom. The molecule has 0 aliphatic carbocycles. The Morgan fingerprint density at radius 2 is 0.756 bits per heavy atom. The second kappa shape index (κ2) is 25.5. The standard InChI is InChI=1S/C27H50O12SSi/c1-41(2,3)39-26-24-37-22-20-35-18-16-33-14-12-31-10-9-30-11-13-32-15-17-34-19-21-36-23-25-38-40(28,29)27-7-5-4-6-8-27/h4-8H,9-26H2,1-3H3. The highest BCUT2D eigenvalue weighted by Crippen LogP contribution is 2.10. The van der Waals surface area contributed by atoms with Gasteiger partial charge in [0.1, 0.15) is 0 Å². The van der Waals surface area contributed by atoms with Crippen LogP contribution in [0, 0.1) is 0 Å². The van der Waals surface area contributed by atoms with E-state index in [0.29, 0.717) is 106 Å². The van der Waals surface area contributed by atoms with E-state index in [4.69, 9.17) is 46.5 Å². The highest BCUT2D eigenvalue weighted by atomic mass is 32.2. The molecule has 1 aromatic carbocycles. The van der Waals surface area contributed by atoms with Crippen molar-refractivity contribution in [2.45, 2.75) is 24.5 Å². The van der Waals surface area contributed by atoms with Gasteiger partial charge in [-0.05, 0) is 31.8 Å². The summed E-state index contributed by atoms with van der Waals surface area (Å²) in [6.45, 7) is 14.4. The molecule has 0 aliphatic rings. The summed E-state index contributed by atoms with van der Waals surface area (Å²) in [5.41, 5.74) is 0. The van der Waals surface area contributed by atoms with Gasteiger partial charge in [0.2, 0.25) is 0 Å². The molecular weight excluding hydrogens is 576 g/mol. The summed E-state index contributed by atoms with van der Waals surface area (Å²) in [6, 6.07) is 7.99. The fraction of sp³-hybridized carbons (Fsp3) is 0.778. The molecule has 14 heteroatoms. The van der Waals surface area contributed by atoms with E-state index in [0.717, 1.165) is 0 Å². The number of hydrogen-bond acceptors (Lipinski definition) is 12. The summed E-state index contributed by atoms with van der Waals surface area (Å²) in [4.78, 5) is 0.123. The molecule has 0 bridgehead atoms. The Labute approximate surface area is 247 Å². The maximum Gasteiger partial charge on any atom is 0.297 e. The third-order valence-corrected chi connectivity index (χ3v) is 7.26. The molecule has 0 spiro atoms. The summed E-state index contributed by atoms with van der Waals surface area (Å²) in [6.07, 6.45) is 0. The molecule has 0 aliphatic heterocycles. The van der Waals surface area contributed by atoms with Crippen LogP contribution in [0.25, 0.3) is 0 Å². The predicted octanol–water partition coefficient (Wildman–Crippen LogP) is 2.38. The lowest BCUT2D eigenvalue weighted by Gasteiger charge is -2.16. The first-order valence-electron chi connectivity index (χ1n) is 14.0. The SMILES string of the molecule is C[Si](C)(C)OCCOCCOCCOCCOCCOCCOCCOCCOCCOS(=O)(=O)c1ccccc1. The van der Waals surface area contributed by atoms with E-state index >= 15 is 0 Å². The second-order valence-electron chi connectivity index (χ2n) is 9.45. The molecule has 0 N–H and O–H groups in total. The molecule has 41 heavy (non-hydrogen) atoms. The summed E-state index contributed by atoms with van der Waals surface area (Å²) in [7, 11) is -5.21. The van der Waals surface area contributed by atoms with Gasteiger partial charge in [-0.3, -0.25) is 4.18 Å². The number of hydrogen-bond donors (Lipinski definition) is 0. The van der Waals surface area contributed by atoms with Crippen LogP contribution >= 0.6 is 0 Å². The average molecular weight is 627 g/mol. The summed E-state index contributed by atoms with van der Waals surface area (Å²) in [5, 5.41) is 0. The van der Waals surface area contributed by atoms with Gasteiger partial charge in [-0.1, -0.05) is 18.2 Å². The number of rotatable bonds is 30. The molecule has 0 saturated carbocycles. The van der Waals surface area contributed by atoms with Gasteiger partial charge in [0.05, 0.1) is 124 Å². The lowest BCUT2D eigenvalue weighted by Crippen LogP contribution is -2.27. The lowest BCUT2D eigenvalue weighted by atomic mass is 10.4. The Bertz CT molecular complexity index is 808. The van der Waals surface area contributed by atoms with Crippen molar-refractivity contribution in [3.05, 3.63) is 30.3 Å². The van der Waals surface area contributed by atoms with Crippen molar-refractivity contribution < 1.29 is 54.9 Å². The zero-order valence-corrected chi connectivity index (χ0v) is 26.7. The maximum atomic E-state index is 11.9. The van der Waals surface area contributed by atoms with Gasteiger partial charge in [-0.15, -0.1) is 0 Å². The Kier molecular flexibility index (Phi) is 23.6. The van der Waals surface area contributed by atoms with E-state index in [1.807, 2.05) is 0 Å². The van der Waals surface area contributed by atoms with E-state index in [-0.39, 0.29) is 18.1 Å². The largest absolute Gasteiger partial charge is 0.415 e. The van der Waals surface area contributed by atoms with Gasteiger partial charge in [-0.2, -0.15) is 8.42 Å². The van der Waals surface area contributed by atoms with Crippen molar-refractivity contribution in [2.75, 3.05) is 119 Å². The molecule has 1 rings (SSSR count). The zero-order valence-electron chi connectivity index (χ0n) is 24.9. The fourth-order valence-electron chi connectivity index (χ4n) is 2.91. The number of benzene rings is 1. The van der Waals surface area contributed by atoms with Crippen LogP contribution in [0.2, 0.25) is 19.6 Å². The Balaban J connectivity index is 1.70. The molecule has 0 amide bonds. The first-order chi connectivity index (χ1) is 19.8. The molecule has 240 valence electrons. The molecule has 0 radical (unpaired) electrons. The summed E-state index contributed by atoms with van der Waals surface area (Å²) >= 11 is 0. The van der Waals surface area contributed by atoms with Crippen LogP contribution in [-0.2, 0) is 56.6 Å². The summed E-state index contributed by atoms with van der Waals surface area (Å²) < 4.78 is 77.9. The van der Waals surface area contributed by atoms with E-state index in [1.54, 1.807) is 18.2 Å². The van der Waals surface area contributed by atoms with Crippen LogP contribution in [0.4, 0.5) is 0 Å². The molecule has 12 nitrogen and oxygen atoms in total. The van der Waals surface area contributed by atoms with Crippen molar-refractivity contribution in [2.24, 2.45) is 0 Å². The zero-order chi connectivity index (χ0) is 29.9. The smallest absolute Gasteiger partial charge is 0.297 e. The van der Waals surface area contributed by atoms with E-state index in [9.17, 15) is 8.42 Å². The normalized spacial score (nSPS) is 12.3. The third-order valence-electron chi connectivity index (χ3n) is 4.86. The van der Waals surface area contributed by atoms with Crippen LogP contribution in [0.1, 0.15) is 0 Å². The minimum absolute atomic E-state index is 0.0540. The molecule has 0 saturated heterocycles. The Morgan fingerprint density at radius 3 is 1.07 bits per heavy atom. The molecule has 1 aromatic rings. The van der Waals surface area contributed by atoms with Crippen molar-refractivity contribution in [1.82, 2.24) is 0 Å². The molecule has 0 heterocycles. The highest BCUT2D eigenvalue weighted by molar-refractivity contribution is 7.86. The van der Waals surface area contributed by atoms with Crippen LogP contribution in [-0.4, -0.2) is 136 Å². The lowest BCUT2D eigenvalue weighted by molar-refractivity contribution is -0.0241. The third kappa shape index (κ3) is 25.2. The average Bonchev–Trinajstić information content (AvgIpc) is 2.94.